The highest BCUT2D eigenvalue weighted by molar-refractivity contribution is 5.30. The SMILES string of the molecule is N#Cc1ncccc1CNCCCCCO. The van der Waals surface area contributed by atoms with Gasteiger partial charge in [-0.3, -0.25) is 0 Å². The van der Waals surface area contributed by atoms with Crippen LogP contribution >= 0.6 is 0 Å². The number of unbranched alkanes of at least 4 members (excludes halogenated alkanes) is 2. The summed E-state index contributed by atoms with van der Waals surface area (Å²) in [5, 5.41) is 20.7. The third-order valence-corrected chi connectivity index (χ3v) is 2.32. The Morgan fingerprint density at radius 3 is 3.00 bits per heavy atom. The number of nitrogens with one attached hydrogen (secondary N) is 1. The molecule has 2 N–H and O–H groups in total. The minimum absolute atomic E-state index is 0.265. The van der Waals surface area contributed by atoms with Crippen molar-refractivity contribution < 1.29 is 5.11 Å². The van der Waals surface area contributed by atoms with Crippen LogP contribution in [0.3, 0.4) is 0 Å². The van der Waals surface area contributed by atoms with Crippen LogP contribution in [0.1, 0.15) is 30.5 Å². The van der Waals surface area contributed by atoms with Gasteiger partial charge in [-0.1, -0.05) is 6.07 Å². The van der Waals surface area contributed by atoms with Crippen molar-refractivity contribution in [3.05, 3.63) is 29.6 Å². The highest BCUT2D eigenvalue weighted by Crippen LogP contribution is 2.03. The van der Waals surface area contributed by atoms with E-state index in [1.54, 1.807) is 6.20 Å². The Hall–Kier alpha value is -1.44. The van der Waals surface area contributed by atoms with Crippen molar-refractivity contribution in [2.45, 2.75) is 25.8 Å². The summed E-state index contributed by atoms with van der Waals surface area (Å²) in [5.41, 5.74) is 1.43. The van der Waals surface area contributed by atoms with Crippen LogP contribution < -0.4 is 5.32 Å². The average Bonchev–Trinajstić information content (AvgIpc) is 2.34. The lowest BCUT2D eigenvalue weighted by Crippen LogP contribution is -2.15. The number of hydrogen-bond donors (Lipinski definition) is 2. The van der Waals surface area contributed by atoms with E-state index in [0.717, 1.165) is 31.4 Å². The van der Waals surface area contributed by atoms with Crippen LogP contribution in [-0.4, -0.2) is 23.2 Å². The zero-order valence-electron chi connectivity index (χ0n) is 9.32. The Balaban J connectivity index is 2.24. The molecule has 4 nitrogen and oxygen atoms in total. The molecule has 0 amide bonds. The van der Waals surface area contributed by atoms with Crippen LogP contribution in [-0.2, 0) is 6.54 Å². The molecule has 0 spiro atoms. The largest absolute Gasteiger partial charge is 0.396 e. The van der Waals surface area contributed by atoms with Gasteiger partial charge in [-0.25, -0.2) is 4.98 Å². The van der Waals surface area contributed by atoms with Crippen molar-refractivity contribution in [1.82, 2.24) is 10.3 Å². The Morgan fingerprint density at radius 2 is 2.25 bits per heavy atom. The normalized spacial score (nSPS) is 10.0. The molecule has 0 fully saturated rings. The number of aliphatic hydroxyl groups is 1. The van der Waals surface area contributed by atoms with E-state index >= 15 is 0 Å². The summed E-state index contributed by atoms with van der Waals surface area (Å²) >= 11 is 0. The number of pyridine rings is 1. The molecule has 4 heteroatoms. The van der Waals surface area contributed by atoms with Crippen LogP contribution in [0.5, 0.6) is 0 Å². The van der Waals surface area contributed by atoms with Crippen LogP contribution in [0, 0.1) is 11.3 Å². The fraction of sp³-hybridized carbons (Fsp3) is 0.500. The van der Waals surface area contributed by atoms with Crippen molar-refractivity contribution >= 4 is 0 Å². The first-order valence-corrected chi connectivity index (χ1v) is 5.54. The molecule has 0 saturated carbocycles. The number of aromatic nitrogens is 1. The monoisotopic (exact) mass is 219 g/mol. The first kappa shape index (κ1) is 12.6. The molecule has 0 aromatic carbocycles. The molecule has 0 aliphatic rings. The topological polar surface area (TPSA) is 68.9 Å². The first-order chi connectivity index (χ1) is 7.88. The van der Waals surface area contributed by atoms with Crippen molar-refractivity contribution in [2.75, 3.05) is 13.2 Å². The Kier molecular flexibility index (Phi) is 6.16. The summed E-state index contributed by atoms with van der Waals surface area (Å²) in [7, 11) is 0. The number of aliphatic hydroxyl groups excluding tert-OH is 1. The third-order valence-electron chi connectivity index (χ3n) is 2.32. The van der Waals surface area contributed by atoms with Crippen LogP contribution in [0.2, 0.25) is 0 Å². The molecule has 0 bridgehead atoms. The van der Waals surface area contributed by atoms with Crippen molar-refractivity contribution in [3.8, 4) is 6.07 Å². The first-order valence-electron chi connectivity index (χ1n) is 5.54. The van der Waals surface area contributed by atoms with E-state index in [0.29, 0.717) is 12.2 Å². The maximum Gasteiger partial charge on any atom is 0.144 e. The molecule has 86 valence electrons. The molecule has 0 aliphatic heterocycles. The Labute approximate surface area is 95.9 Å². The summed E-state index contributed by atoms with van der Waals surface area (Å²) < 4.78 is 0. The number of nitriles is 1. The zero-order valence-corrected chi connectivity index (χ0v) is 9.32. The van der Waals surface area contributed by atoms with Gasteiger partial charge in [0.1, 0.15) is 11.8 Å². The molecule has 1 aromatic rings. The van der Waals surface area contributed by atoms with Gasteiger partial charge in [-0.05, 0) is 31.9 Å². The third kappa shape index (κ3) is 4.39. The molecule has 0 atom stereocenters. The lowest BCUT2D eigenvalue weighted by molar-refractivity contribution is 0.283. The lowest BCUT2D eigenvalue weighted by atomic mass is 10.2. The molecule has 0 aliphatic carbocycles. The number of nitrogens with zero attached hydrogens (tertiary/aromatic N) is 2. The molecule has 0 saturated heterocycles. The highest BCUT2D eigenvalue weighted by Gasteiger charge is 2.00. The molecule has 16 heavy (non-hydrogen) atoms. The van der Waals surface area contributed by atoms with Crippen molar-refractivity contribution in [2.24, 2.45) is 0 Å². The summed E-state index contributed by atoms with van der Waals surface area (Å²) in [4.78, 5) is 3.99. The summed E-state index contributed by atoms with van der Waals surface area (Å²) in [6, 6.07) is 5.82. The van der Waals surface area contributed by atoms with Crippen molar-refractivity contribution in [3.63, 3.8) is 0 Å². The standard InChI is InChI=1S/C12H17N3O/c13-9-12-11(5-4-7-15-12)10-14-6-2-1-3-8-16/h4-5,7,14,16H,1-3,6,8,10H2. The molecule has 0 unspecified atom stereocenters. The van der Waals surface area contributed by atoms with Gasteiger partial charge in [0.05, 0.1) is 0 Å². The van der Waals surface area contributed by atoms with Gasteiger partial charge < -0.3 is 10.4 Å². The van der Waals surface area contributed by atoms with Gasteiger partial charge in [0, 0.05) is 24.9 Å². The minimum Gasteiger partial charge on any atom is -0.396 e. The molecule has 0 radical (unpaired) electrons. The fourth-order valence-corrected chi connectivity index (χ4v) is 1.44. The van der Waals surface area contributed by atoms with E-state index in [1.807, 2.05) is 12.1 Å². The predicted octanol–water partition coefficient (Wildman–Crippen LogP) is 1.21. The molecule has 1 heterocycles. The van der Waals surface area contributed by atoms with E-state index in [2.05, 4.69) is 16.4 Å². The van der Waals surface area contributed by atoms with Crippen LogP contribution in [0.4, 0.5) is 0 Å². The second-order valence-electron chi connectivity index (χ2n) is 3.58. The molecule has 1 aromatic heterocycles. The maximum atomic E-state index is 8.82. The van der Waals surface area contributed by atoms with E-state index in [-0.39, 0.29) is 6.61 Å². The van der Waals surface area contributed by atoms with Crippen LogP contribution in [0.15, 0.2) is 18.3 Å². The summed E-state index contributed by atoms with van der Waals surface area (Å²) in [5.74, 6) is 0. The van der Waals surface area contributed by atoms with E-state index in [4.69, 9.17) is 10.4 Å². The molecule has 1 rings (SSSR count). The van der Waals surface area contributed by atoms with Gasteiger partial charge >= 0.3 is 0 Å². The quantitative estimate of drug-likeness (QED) is 0.676. The summed E-state index contributed by atoms with van der Waals surface area (Å²) in [6.07, 6.45) is 4.56. The Morgan fingerprint density at radius 1 is 1.38 bits per heavy atom. The van der Waals surface area contributed by atoms with E-state index < -0.39 is 0 Å². The Bertz CT molecular complexity index is 346. The predicted molar refractivity (Wildman–Crippen MR) is 61.6 cm³/mol. The highest BCUT2D eigenvalue weighted by atomic mass is 16.2. The smallest absolute Gasteiger partial charge is 0.144 e. The number of rotatable bonds is 7. The maximum absolute atomic E-state index is 8.82. The van der Waals surface area contributed by atoms with Gasteiger partial charge in [-0.15, -0.1) is 0 Å². The minimum atomic E-state index is 0.265. The zero-order chi connectivity index (χ0) is 11.6. The fourth-order valence-electron chi connectivity index (χ4n) is 1.44. The van der Waals surface area contributed by atoms with Gasteiger partial charge in [0.2, 0.25) is 0 Å². The second-order valence-corrected chi connectivity index (χ2v) is 3.58. The van der Waals surface area contributed by atoms with Crippen LogP contribution in [0.25, 0.3) is 0 Å². The summed E-state index contributed by atoms with van der Waals surface area (Å²) in [6.45, 7) is 1.84. The van der Waals surface area contributed by atoms with Gasteiger partial charge in [0.15, 0.2) is 0 Å². The second kappa shape index (κ2) is 7.80. The molecular formula is C12H17N3O. The molecular weight excluding hydrogens is 202 g/mol. The van der Waals surface area contributed by atoms with Gasteiger partial charge in [0.25, 0.3) is 0 Å². The van der Waals surface area contributed by atoms with Gasteiger partial charge in [-0.2, -0.15) is 5.26 Å². The van der Waals surface area contributed by atoms with E-state index in [1.165, 1.54) is 0 Å². The van der Waals surface area contributed by atoms with E-state index in [9.17, 15) is 0 Å². The number of hydrogen-bond acceptors (Lipinski definition) is 4. The lowest BCUT2D eigenvalue weighted by Gasteiger charge is -2.05. The average molecular weight is 219 g/mol. The van der Waals surface area contributed by atoms with Crippen molar-refractivity contribution in [1.29, 1.82) is 5.26 Å².